The molecule has 120 heavy (non-hydrogen) atoms. The van der Waals surface area contributed by atoms with Crippen molar-refractivity contribution in [1.82, 2.24) is 116 Å². The number of hydrogen-bond donors (Lipinski definition) is 0. The van der Waals surface area contributed by atoms with Crippen molar-refractivity contribution in [2.45, 2.75) is 117 Å². The summed E-state index contributed by atoms with van der Waals surface area (Å²) in [5, 5.41) is 8.97. The zero-order chi connectivity index (χ0) is 82.5. The van der Waals surface area contributed by atoms with Crippen molar-refractivity contribution >= 4 is 5.82 Å². The molecule has 0 aliphatic rings. The second-order valence-corrected chi connectivity index (χ2v) is 28.5. The Balaban J connectivity index is 0.000000181. The van der Waals surface area contributed by atoms with Gasteiger partial charge in [0.1, 0.15) is 0 Å². The second-order valence-electron chi connectivity index (χ2n) is 28.5. The predicted octanol–water partition coefficient (Wildman–Crippen LogP) is 14.8. The van der Waals surface area contributed by atoms with Crippen LogP contribution in [0.3, 0.4) is 0 Å². The largest absolute Gasteiger partial charge is 2.00 e. The van der Waals surface area contributed by atoms with Crippen molar-refractivity contribution in [3.63, 3.8) is 0 Å². The standard InChI is InChI=1S/C21H14F6N6.C21H14N8.2C21H20N6.4Pt/c1-19(2,13-5-3-7-17(30-13)32-11-28-9-15(32)20(22,23)24)14-6-4-8-18(31-14)33-12-29-10-16(33)21(25,26)27;1-21(2,16-6-4-8-19(26-16)28-11-15(10-22)24-13-28)17-7-5-9-20(27-17)29-12-18(23-3)25-14-29;1-15-11-26(13-22-15)19-9-5-7-17(24-19)21(3,4)18-8-6-10-20(25-18)27-12-16(2)23-14-27;1-15-11-22-13-26(15)19-9-5-7-17(24-19)21(3,4)18-8-6-10-20(25-18)27-14-23-12-16(27)2;;;;/h3-10H,1-2H3;4-9,11-12H,1-2H3;2*5-12H,1-4H3;;;;/q4*-2;4*+2. The molecule has 0 radical (unpaired) electrons. The van der Waals surface area contributed by atoms with Crippen molar-refractivity contribution in [3.05, 3.63) is 343 Å². The third-order valence-electron chi connectivity index (χ3n) is 18.8. The van der Waals surface area contributed by atoms with E-state index >= 15 is 0 Å². The normalized spacial score (nSPS) is 11.5. The molecule has 0 unspecified atom stereocenters. The Morgan fingerprint density at radius 3 is 0.825 bits per heavy atom. The Hall–Kier alpha value is -11.8. The van der Waals surface area contributed by atoms with Crippen molar-refractivity contribution in [2.75, 3.05) is 0 Å². The molecule has 26 nitrogen and oxygen atoms in total. The number of hydrogen-bond acceptors (Lipinski definition) is 17. The molecule has 0 saturated heterocycles. The molecule has 0 spiro atoms. The van der Waals surface area contributed by atoms with Crippen molar-refractivity contribution in [2.24, 2.45) is 0 Å². The topological polar surface area (TPSA) is 274 Å². The number of nitrogens with zero attached hydrogens (tertiary/aromatic N) is 26. The number of pyridine rings is 8. The SMILES string of the molecule is CC(C)(c1cccc(-n2[c-]ncc2C(F)(F)F)n1)c1cccc(-n2[c-]ncc2C(F)(F)F)n1.Cc1cn(-c2cccc(C(C)(C)c3cccc(-n4[c-]nc(C)c4)n3)n2)[c-]n1.Cc1cn[c-]n1-c1cccc(C(C)(C)c2cccc(-n3[c-]ncc3C)n2)n1.[C-]#[N+]c1cn(-c2cccc(C(C)(C)c3cccc(-n4[c-]nc(C#N)c4)n3)n2)[c-]n1.[Pt+2].[Pt+2].[Pt+2].[Pt+2]. The molecule has 0 bridgehead atoms. The van der Waals surface area contributed by atoms with Gasteiger partial charge >= 0.3 is 102 Å². The van der Waals surface area contributed by atoms with E-state index in [4.69, 9.17) is 41.7 Å². The molecule has 36 heteroatoms. The maximum atomic E-state index is 13.3. The maximum absolute atomic E-state index is 13.3. The molecule has 0 aliphatic heterocycles. The number of aryl methyl sites for hydroxylation is 4. The summed E-state index contributed by atoms with van der Waals surface area (Å²) < 4.78 is 91.4. The smallest absolute Gasteiger partial charge is 0.418 e. The Morgan fingerprint density at radius 2 is 0.575 bits per heavy atom. The fourth-order valence-electron chi connectivity index (χ4n) is 12.0. The summed E-state index contributed by atoms with van der Waals surface area (Å²) in [6, 6.07) is 46.2. The average Bonchev–Trinajstić information content (AvgIpc) is 1.37. The van der Waals surface area contributed by atoms with Gasteiger partial charge in [-0.25, -0.2) is 5.26 Å². The van der Waals surface area contributed by atoms with Crippen LogP contribution in [0.1, 0.15) is 141 Å². The minimum atomic E-state index is -4.66. The van der Waals surface area contributed by atoms with Gasteiger partial charge in [0.2, 0.25) is 0 Å². The maximum Gasteiger partial charge on any atom is 2.00 e. The number of halogens is 6. The van der Waals surface area contributed by atoms with E-state index < -0.39 is 34.6 Å². The first kappa shape index (κ1) is 92.1. The molecule has 16 aromatic heterocycles. The summed E-state index contributed by atoms with van der Waals surface area (Å²) in [5.41, 5.74) is 5.73. The van der Waals surface area contributed by atoms with Crippen LogP contribution in [0.2, 0.25) is 0 Å². The van der Waals surface area contributed by atoms with E-state index in [1.807, 2.05) is 187 Å². The van der Waals surface area contributed by atoms with Gasteiger partial charge in [0.25, 0.3) is 0 Å². The zero-order valence-corrected chi connectivity index (χ0v) is 74.7. The van der Waals surface area contributed by atoms with E-state index in [2.05, 4.69) is 133 Å². The Bertz CT molecular complexity index is 5900. The van der Waals surface area contributed by atoms with Crippen molar-refractivity contribution in [1.29, 1.82) is 5.26 Å². The van der Waals surface area contributed by atoms with Gasteiger partial charge in [0.05, 0.1) is 52.6 Å². The molecule has 16 heterocycles. The summed E-state index contributed by atoms with van der Waals surface area (Å²) in [4.78, 5) is 72.0. The molecule has 0 aliphatic carbocycles. The number of aromatic nitrogens is 24. The molecule has 0 atom stereocenters. The van der Waals surface area contributed by atoms with E-state index in [0.717, 1.165) is 80.2 Å². The molecule has 0 fully saturated rings. The number of nitriles is 1. The molecule has 16 aromatic rings. The Kier molecular flexibility index (Phi) is 29.2. The predicted molar refractivity (Wildman–Crippen MR) is 410 cm³/mol. The molecular weight excluding hydrogens is 2270 g/mol. The van der Waals surface area contributed by atoms with Crippen LogP contribution in [0.25, 0.3) is 51.4 Å². The fraction of sp³-hybridized carbons (Fsp3) is 0.214. The molecule has 0 aromatic carbocycles. The van der Waals surface area contributed by atoms with Gasteiger partial charge in [0, 0.05) is 129 Å². The summed E-state index contributed by atoms with van der Waals surface area (Å²) in [7, 11) is 0. The summed E-state index contributed by atoms with van der Waals surface area (Å²) >= 11 is 0. The average molecular weight is 2340 g/mol. The van der Waals surface area contributed by atoms with Crippen LogP contribution >= 0.6 is 0 Å². The van der Waals surface area contributed by atoms with Gasteiger partial charge < -0.3 is 76.3 Å². The van der Waals surface area contributed by atoms with Gasteiger partial charge in [-0.3, -0.25) is 39.9 Å². The first-order chi connectivity index (χ1) is 55.3. The van der Waals surface area contributed by atoms with Crippen molar-refractivity contribution < 1.29 is 111 Å². The minimum absolute atomic E-state index is 0. The quantitative estimate of drug-likeness (QED) is 0.0642. The monoisotopic (exact) mass is 2330 g/mol. The van der Waals surface area contributed by atoms with E-state index in [1.54, 1.807) is 59.9 Å². The van der Waals surface area contributed by atoms with Gasteiger partial charge in [-0.1, -0.05) is 197 Å². The van der Waals surface area contributed by atoms with Crippen LogP contribution in [-0.4, -0.2) is 116 Å². The number of imidazole rings is 8. The fourth-order valence-corrected chi connectivity index (χ4v) is 12.0. The summed E-state index contributed by atoms with van der Waals surface area (Å²) in [6.07, 6.45) is 24.3. The van der Waals surface area contributed by atoms with E-state index in [1.165, 1.54) is 24.3 Å². The van der Waals surface area contributed by atoms with Crippen LogP contribution in [0, 0.1) is 96.2 Å². The molecule has 616 valence electrons. The number of rotatable bonds is 16. The van der Waals surface area contributed by atoms with E-state index in [9.17, 15) is 26.3 Å². The van der Waals surface area contributed by atoms with E-state index in [-0.39, 0.29) is 118 Å². The Morgan fingerprint density at radius 1 is 0.325 bits per heavy atom. The first-order valence-corrected chi connectivity index (χ1v) is 35.6. The second kappa shape index (κ2) is 38.1. The van der Waals surface area contributed by atoms with Gasteiger partial charge in [-0.15, -0.1) is 4.98 Å². The molecule has 0 saturated carbocycles. The molecule has 0 N–H and O–H groups in total. The van der Waals surface area contributed by atoms with Crippen molar-refractivity contribution in [3.8, 4) is 52.6 Å². The van der Waals surface area contributed by atoms with Crippen LogP contribution < -0.4 is 0 Å². The minimum Gasteiger partial charge on any atom is -0.418 e. The Labute approximate surface area is 744 Å². The molecule has 16 rings (SSSR count). The summed E-state index contributed by atoms with van der Waals surface area (Å²) in [6.45, 7) is 30.9. The van der Waals surface area contributed by atoms with Crippen LogP contribution in [0.4, 0.5) is 32.2 Å². The van der Waals surface area contributed by atoms with Crippen LogP contribution in [0.5, 0.6) is 0 Å². The zero-order valence-electron chi connectivity index (χ0n) is 65.6. The van der Waals surface area contributed by atoms with Gasteiger partial charge in [-0.2, -0.15) is 26.3 Å². The van der Waals surface area contributed by atoms with Crippen LogP contribution in [-0.2, 0) is 118 Å². The first-order valence-electron chi connectivity index (χ1n) is 35.6. The van der Waals surface area contributed by atoms with E-state index in [0.29, 0.717) is 44.6 Å². The molecule has 0 amide bonds. The van der Waals surface area contributed by atoms with Gasteiger partial charge in [-0.05, 0) is 110 Å². The molecular formula is C84H68F6N26Pt4. The third kappa shape index (κ3) is 20.4. The number of alkyl halides is 6. The van der Waals surface area contributed by atoms with Gasteiger partial charge in [0.15, 0.2) is 6.33 Å². The summed E-state index contributed by atoms with van der Waals surface area (Å²) in [5.74, 6) is 4.54. The van der Waals surface area contributed by atoms with Crippen LogP contribution in [0.15, 0.2) is 195 Å². The third-order valence-corrected chi connectivity index (χ3v) is 18.8.